The van der Waals surface area contributed by atoms with Crippen LogP contribution in [-0.4, -0.2) is 35.1 Å². The Bertz CT molecular complexity index is 689. The molecule has 1 N–H and O–H groups in total. The van der Waals surface area contributed by atoms with Crippen LogP contribution in [0.3, 0.4) is 0 Å². The van der Waals surface area contributed by atoms with E-state index in [2.05, 4.69) is 36.0 Å². The van der Waals surface area contributed by atoms with Crippen LogP contribution in [0.5, 0.6) is 0 Å². The first-order valence-corrected chi connectivity index (χ1v) is 8.32. The molecule has 3 rings (SSSR count). The Morgan fingerprint density at radius 1 is 1.18 bits per heavy atom. The molecule has 0 amide bonds. The molecule has 0 saturated carbocycles. The SMILES string of the molecule is CC(C)C1CN(c2cnc3cc(Cl)c(Cl)cc3n2)C[C@@H](C)N1. The predicted molar refractivity (Wildman–Crippen MR) is 93.0 cm³/mol. The first kappa shape index (κ1) is 15.8. The number of nitrogens with one attached hydrogen (secondary N) is 1. The van der Waals surface area contributed by atoms with E-state index in [0.29, 0.717) is 28.0 Å². The van der Waals surface area contributed by atoms with Gasteiger partial charge in [-0.25, -0.2) is 4.98 Å². The molecule has 1 aromatic carbocycles. The van der Waals surface area contributed by atoms with Crippen LogP contribution in [0.2, 0.25) is 10.0 Å². The number of hydrogen-bond acceptors (Lipinski definition) is 4. The van der Waals surface area contributed by atoms with Crippen molar-refractivity contribution < 1.29 is 0 Å². The summed E-state index contributed by atoms with van der Waals surface area (Å²) in [5.74, 6) is 1.47. The van der Waals surface area contributed by atoms with Crippen molar-refractivity contribution in [3.63, 3.8) is 0 Å². The molecule has 0 aliphatic carbocycles. The lowest BCUT2D eigenvalue weighted by Gasteiger charge is -2.40. The van der Waals surface area contributed by atoms with Crippen LogP contribution in [0, 0.1) is 5.92 Å². The Morgan fingerprint density at radius 3 is 2.55 bits per heavy atom. The quantitative estimate of drug-likeness (QED) is 0.905. The molecule has 118 valence electrons. The molecule has 1 aliphatic rings. The highest BCUT2D eigenvalue weighted by Crippen LogP contribution is 2.27. The molecule has 4 nitrogen and oxygen atoms in total. The first-order valence-electron chi connectivity index (χ1n) is 7.57. The highest BCUT2D eigenvalue weighted by atomic mass is 35.5. The van der Waals surface area contributed by atoms with E-state index in [-0.39, 0.29) is 0 Å². The van der Waals surface area contributed by atoms with Crippen molar-refractivity contribution in [2.75, 3.05) is 18.0 Å². The highest BCUT2D eigenvalue weighted by Gasteiger charge is 2.27. The molecule has 2 heterocycles. The number of benzene rings is 1. The topological polar surface area (TPSA) is 41.1 Å². The van der Waals surface area contributed by atoms with E-state index in [1.54, 1.807) is 12.1 Å². The Balaban J connectivity index is 1.93. The minimum Gasteiger partial charge on any atom is -0.352 e. The zero-order chi connectivity index (χ0) is 15.9. The lowest BCUT2D eigenvalue weighted by atomic mass is 10.00. The van der Waals surface area contributed by atoms with E-state index in [0.717, 1.165) is 29.9 Å². The number of hydrogen-bond donors (Lipinski definition) is 1. The maximum atomic E-state index is 6.09. The normalized spacial score (nSPS) is 22.5. The largest absolute Gasteiger partial charge is 0.352 e. The molecule has 2 atom stereocenters. The average Bonchev–Trinajstić information content (AvgIpc) is 2.47. The lowest BCUT2D eigenvalue weighted by molar-refractivity contribution is 0.321. The second-order valence-corrected chi connectivity index (χ2v) is 7.12. The smallest absolute Gasteiger partial charge is 0.147 e. The summed E-state index contributed by atoms with van der Waals surface area (Å²) >= 11 is 12.1. The Morgan fingerprint density at radius 2 is 1.86 bits per heavy atom. The van der Waals surface area contributed by atoms with Gasteiger partial charge in [0.25, 0.3) is 0 Å². The zero-order valence-corrected chi connectivity index (χ0v) is 14.5. The van der Waals surface area contributed by atoms with Crippen molar-refractivity contribution in [3.05, 3.63) is 28.4 Å². The highest BCUT2D eigenvalue weighted by molar-refractivity contribution is 6.42. The summed E-state index contributed by atoms with van der Waals surface area (Å²) in [5, 5.41) is 4.66. The number of aromatic nitrogens is 2. The van der Waals surface area contributed by atoms with Gasteiger partial charge in [0.2, 0.25) is 0 Å². The molecule has 1 aliphatic heterocycles. The van der Waals surface area contributed by atoms with Gasteiger partial charge in [0.15, 0.2) is 0 Å². The van der Waals surface area contributed by atoms with Gasteiger partial charge in [-0.3, -0.25) is 4.98 Å². The van der Waals surface area contributed by atoms with Gasteiger partial charge in [0.05, 0.1) is 27.3 Å². The maximum Gasteiger partial charge on any atom is 0.147 e. The zero-order valence-electron chi connectivity index (χ0n) is 13.0. The summed E-state index contributed by atoms with van der Waals surface area (Å²) in [6.45, 7) is 8.53. The maximum absolute atomic E-state index is 6.09. The van der Waals surface area contributed by atoms with Crippen molar-refractivity contribution >= 4 is 40.1 Å². The summed E-state index contributed by atoms with van der Waals surface area (Å²) in [4.78, 5) is 11.5. The van der Waals surface area contributed by atoms with E-state index in [9.17, 15) is 0 Å². The van der Waals surface area contributed by atoms with Gasteiger partial charge < -0.3 is 10.2 Å². The van der Waals surface area contributed by atoms with Gasteiger partial charge in [-0.1, -0.05) is 37.0 Å². The molecule has 1 aromatic heterocycles. The third-order valence-corrected chi connectivity index (χ3v) is 4.83. The summed E-state index contributed by atoms with van der Waals surface area (Å²) in [5.41, 5.74) is 1.54. The van der Waals surface area contributed by atoms with E-state index < -0.39 is 0 Å². The molecule has 2 aromatic rings. The monoisotopic (exact) mass is 338 g/mol. The lowest BCUT2D eigenvalue weighted by Crippen LogP contribution is -2.57. The van der Waals surface area contributed by atoms with Crippen molar-refractivity contribution in [3.8, 4) is 0 Å². The van der Waals surface area contributed by atoms with Crippen LogP contribution in [-0.2, 0) is 0 Å². The molecule has 1 unspecified atom stereocenters. The fourth-order valence-electron chi connectivity index (χ4n) is 2.85. The van der Waals surface area contributed by atoms with Gasteiger partial charge in [-0.05, 0) is 25.0 Å². The van der Waals surface area contributed by atoms with E-state index >= 15 is 0 Å². The first-order chi connectivity index (χ1) is 10.4. The van der Waals surface area contributed by atoms with Gasteiger partial charge >= 0.3 is 0 Å². The average molecular weight is 339 g/mol. The van der Waals surface area contributed by atoms with Crippen LogP contribution < -0.4 is 10.2 Å². The number of fused-ring (bicyclic) bond motifs is 1. The molecular weight excluding hydrogens is 319 g/mol. The minimum atomic E-state index is 0.424. The Kier molecular flexibility index (Phi) is 4.44. The van der Waals surface area contributed by atoms with Gasteiger partial charge in [0, 0.05) is 25.2 Å². The number of piperazine rings is 1. The third kappa shape index (κ3) is 3.14. The number of rotatable bonds is 2. The molecule has 22 heavy (non-hydrogen) atoms. The molecule has 6 heteroatoms. The summed E-state index contributed by atoms with van der Waals surface area (Å²) in [6.07, 6.45) is 1.82. The van der Waals surface area contributed by atoms with Crippen molar-refractivity contribution in [2.45, 2.75) is 32.9 Å². The van der Waals surface area contributed by atoms with Gasteiger partial charge in [-0.15, -0.1) is 0 Å². The van der Waals surface area contributed by atoms with Crippen LogP contribution in [0.15, 0.2) is 18.3 Å². The second-order valence-electron chi connectivity index (χ2n) is 6.31. The van der Waals surface area contributed by atoms with E-state index in [1.165, 1.54) is 0 Å². The van der Waals surface area contributed by atoms with Gasteiger partial charge in [-0.2, -0.15) is 0 Å². The summed E-state index contributed by atoms with van der Waals surface area (Å²) in [6, 6.07) is 4.41. The van der Waals surface area contributed by atoms with Crippen LogP contribution >= 0.6 is 23.2 Å². The van der Waals surface area contributed by atoms with E-state index in [1.807, 2.05) is 6.20 Å². The van der Waals surface area contributed by atoms with Gasteiger partial charge in [0.1, 0.15) is 5.82 Å². The Hall–Kier alpha value is -1.10. The number of nitrogens with zero attached hydrogens (tertiary/aromatic N) is 3. The fourth-order valence-corrected chi connectivity index (χ4v) is 3.17. The van der Waals surface area contributed by atoms with Crippen LogP contribution in [0.4, 0.5) is 5.82 Å². The molecule has 0 spiro atoms. The van der Waals surface area contributed by atoms with Crippen molar-refractivity contribution in [1.82, 2.24) is 15.3 Å². The predicted octanol–water partition coefficient (Wildman–Crippen LogP) is 3.76. The summed E-state index contributed by atoms with van der Waals surface area (Å²) in [7, 11) is 0. The summed E-state index contributed by atoms with van der Waals surface area (Å²) < 4.78 is 0. The molecule has 0 radical (unpaired) electrons. The van der Waals surface area contributed by atoms with Crippen LogP contribution in [0.25, 0.3) is 11.0 Å². The van der Waals surface area contributed by atoms with E-state index in [4.69, 9.17) is 28.2 Å². The molecule has 1 saturated heterocycles. The molecular formula is C16H20Cl2N4. The fraction of sp³-hybridized carbons (Fsp3) is 0.500. The van der Waals surface area contributed by atoms with Crippen LogP contribution in [0.1, 0.15) is 20.8 Å². The van der Waals surface area contributed by atoms with Crippen molar-refractivity contribution in [1.29, 1.82) is 0 Å². The standard InChI is InChI=1S/C16H20Cl2N4/c1-9(2)15-8-22(7-10(3)20-15)16-6-19-13-4-11(17)12(18)5-14(13)21-16/h4-6,9-10,15,20H,7-8H2,1-3H3/t10-,15?/m1/s1. The number of anilines is 1. The molecule has 0 bridgehead atoms. The number of halogens is 2. The third-order valence-electron chi connectivity index (χ3n) is 4.11. The molecule has 1 fully saturated rings. The second kappa shape index (κ2) is 6.19. The van der Waals surface area contributed by atoms with Crippen molar-refractivity contribution in [2.24, 2.45) is 5.92 Å². The Labute approximate surface area is 140 Å². The minimum absolute atomic E-state index is 0.424.